The van der Waals surface area contributed by atoms with Crippen LogP contribution in [0.25, 0.3) is 33.5 Å². The molecule has 2 aromatic heterocycles. The molecule has 0 atom stereocenters. The predicted molar refractivity (Wildman–Crippen MR) is 161 cm³/mol. The van der Waals surface area contributed by atoms with Gasteiger partial charge in [0, 0.05) is 20.4 Å². The third-order valence-electron chi connectivity index (χ3n) is 6.29. The molecule has 0 spiro atoms. The van der Waals surface area contributed by atoms with Crippen molar-refractivity contribution in [1.29, 1.82) is 0 Å². The maximum atomic E-state index is 13.6. The van der Waals surface area contributed by atoms with E-state index in [0.29, 0.717) is 50.9 Å². The Bertz CT molecular complexity index is 1950. The summed E-state index contributed by atoms with van der Waals surface area (Å²) >= 11 is 9.63. The van der Waals surface area contributed by atoms with Crippen LogP contribution < -0.4 is 15.0 Å². The minimum Gasteiger partial charge on any atom is -0.493 e. The van der Waals surface area contributed by atoms with E-state index < -0.39 is 0 Å². The minimum absolute atomic E-state index is 0.257. The first kappa shape index (κ1) is 25.9. The summed E-state index contributed by atoms with van der Waals surface area (Å²) in [5, 5.41) is 6.38. The molecular weight excluding hydrogens is 594 g/mol. The third kappa shape index (κ3) is 5.11. The van der Waals surface area contributed by atoms with Gasteiger partial charge in [-0.3, -0.25) is 4.79 Å². The van der Waals surface area contributed by atoms with Crippen molar-refractivity contribution in [2.24, 2.45) is 5.10 Å². The first-order valence-electron chi connectivity index (χ1n) is 12.3. The van der Waals surface area contributed by atoms with Gasteiger partial charge >= 0.3 is 0 Å². The number of aromatic nitrogens is 2. The molecule has 6 aromatic rings. The minimum atomic E-state index is -0.337. The molecule has 0 saturated carbocycles. The van der Waals surface area contributed by atoms with Crippen LogP contribution in [0.4, 0.5) is 0 Å². The highest BCUT2D eigenvalue weighted by Gasteiger charge is 2.17. The smallest absolute Gasteiger partial charge is 0.282 e. The number of rotatable bonds is 7. The summed E-state index contributed by atoms with van der Waals surface area (Å²) < 4.78 is 20.0. The summed E-state index contributed by atoms with van der Waals surface area (Å²) in [6.07, 6.45) is 1.56. The summed E-state index contributed by atoms with van der Waals surface area (Å²) in [7, 11) is 1.58. The average molecular weight is 615 g/mol. The lowest BCUT2D eigenvalue weighted by molar-refractivity contribution is 0.284. The van der Waals surface area contributed by atoms with Crippen LogP contribution in [-0.4, -0.2) is 23.0 Å². The van der Waals surface area contributed by atoms with Crippen molar-refractivity contribution >= 4 is 55.6 Å². The summed E-state index contributed by atoms with van der Waals surface area (Å²) in [6, 6.07) is 27.6. The van der Waals surface area contributed by atoms with Gasteiger partial charge in [-0.2, -0.15) is 9.78 Å². The Morgan fingerprint density at radius 1 is 1.02 bits per heavy atom. The van der Waals surface area contributed by atoms with Crippen LogP contribution in [0.1, 0.15) is 11.1 Å². The van der Waals surface area contributed by atoms with Crippen molar-refractivity contribution in [3.05, 3.63) is 122 Å². The lowest BCUT2D eigenvalue weighted by atomic mass is 10.2. The van der Waals surface area contributed by atoms with Gasteiger partial charge in [0.2, 0.25) is 5.82 Å². The Morgan fingerprint density at radius 2 is 1.85 bits per heavy atom. The summed E-state index contributed by atoms with van der Waals surface area (Å²) in [4.78, 5) is 18.4. The SMILES string of the molecule is COc1cccc(C=Nn2c(-c3cc4cc(Cl)ccc4o3)nc3ccccc3c2=O)c1OCc1ccc(Br)cc1. The molecule has 40 heavy (non-hydrogen) atoms. The molecule has 0 saturated heterocycles. The number of benzene rings is 4. The molecule has 2 heterocycles. The van der Waals surface area contributed by atoms with Gasteiger partial charge in [0.15, 0.2) is 17.3 Å². The van der Waals surface area contributed by atoms with Gasteiger partial charge in [-0.15, -0.1) is 0 Å². The van der Waals surface area contributed by atoms with Crippen LogP contribution in [0.3, 0.4) is 0 Å². The van der Waals surface area contributed by atoms with Crippen molar-refractivity contribution in [2.75, 3.05) is 7.11 Å². The van der Waals surface area contributed by atoms with Crippen LogP contribution in [0.5, 0.6) is 11.5 Å². The number of hydrogen-bond donors (Lipinski definition) is 0. The zero-order valence-electron chi connectivity index (χ0n) is 21.2. The molecule has 4 aromatic carbocycles. The Morgan fingerprint density at radius 3 is 2.67 bits per heavy atom. The summed E-state index contributed by atoms with van der Waals surface area (Å²) in [5.74, 6) is 1.68. The standard InChI is InChI=1S/C31H21BrClN3O4/c1-38-27-8-4-5-20(29(27)39-18-19-9-11-22(32)12-10-19)17-34-36-30(35-25-7-3-2-6-24(25)31(36)37)28-16-21-15-23(33)13-14-26(21)40-28/h2-17H,18H2,1H3. The number of para-hydroxylation sites is 2. The fourth-order valence-electron chi connectivity index (χ4n) is 4.32. The quantitative estimate of drug-likeness (QED) is 0.172. The van der Waals surface area contributed by atoms with Crippen molar-refractivity contribution < 1.29 is 13.9 Å². The van der Waals surface area contributed by atoms with Crippen LogP contribution in [-0.2, 0) is 6.61 Å². The highest BCUT2D eigenvalue weighted by Crippen LogP contribution is 2.32. The van der Waals surface area contributed by atoms with Gasteiger partial charge in [-0.25, -0.2) is 4.98 Å². The lowest BCUT2D eigenvalue weighted by Crippen LogP contribution is -2.20. The number of hydrogen-bond acceptors (Lipinski definition) is 6. The van der Waals surface area contributed by atoms with Crippen molar-refractivity contribution in [3.8, 4) is 23.1 Å². The normalized spacial score (nSPS) is 11.5. The second-order valence-electron chi connectivity index (χ2n) is 8.90. The van der Waals surface area contributed by atoms with E-state index in [4.69, 9.17) is 30.5 Å². The van der Waals surface area contributed by atoms with E-state index in [1.54, 1.807) is 55.8 Å². The average Bonchev–Trinajstić information content (AvgIpc) is 3.39. The Labute approximate surface area is 242 Å². The van der Waals surface area contributed by atoms with Gasteiger partial charge in [0.1, 0.15) is 12.2 Å². The van der Waals surface area contributed by atoms with E-state index >= 15 is 0 Å². The first-order chi connectivity index (χ1) is 19.5. The van der Waals surface area contributed by atoms with E-state index in [-0.39, 0.29) is 11.4 Å². The highest BCUT2D eigenvalue weighted by molar-refractivity contribution is 9.10. The molecule has 0 fully saturated rings. The van der Waals surface area contributed by atoms with Crippen LogP contribution in [0.2, 0.25) is 5.02 Å². The van der Waals surface area contributed by atoms with Crippen LogP contribution in [0, 0.1) is 0 Å². The van der Waals surface area contributed by atoms with E-state index in [2.05, 4.69) is 21.0 Å². The molecule has 0 unspecified atom stereocenters. The monoisotopic (exact) mass is 613 g/mol. The molecule has 7 nitrogen and oxygen atoms in total. The number of ether oxygens (including phenoxy) is 2. The van der Waals surface area contributed by atoms with Gasteiger partial charge in [0.25, 0.3) is 5.56 Å². The van der Waals surface area contributed by atoms with Gasteiger partial charge < -0.3 is 13.9 Å². The van der Waals surface area contributed by atoms with Gasteiger partial charge in [-0.05, 0) is 66.2 Å². The molecule has 6 rings (SSSR count). The first-order valence-corrected chi connectivity index (χ1v) is 13.5. The number of halogens is 2. The number of methoxy groups -OCH3 is 1. The molecule has 0 amide bonds. The molecule has 198 valence electrons. The Hall–Kier alpha value is -4.40. The van der Waals surface area contributed by atoms with E-state index in [9.17, 15) is 4.79 Å². The van der Waals surface area contributed by atoms with Crippen molar-refractivity contribution in [3.63, 3.8) is 0 Å². The highest BCUT2D eigenvalue weighted by atomic mass is 79.9. The fourth-order valence-corrected chi connectivity index (χ4v) is 4.77. The topological polar surface area (TPSA) is 78.9 Å². The molecule has 0 bridgehead atoms. The summed E-state index contributed by atoms with van der Waals surface area (Å²) in [6.45, 7) is 0.318. The van der Waals surface area contributed by atoms with Gasteiger partial charge in [0.05, 0.1) is 24.2 Å². The maximum absolute atomic E-state index is 13.6. The summed E-state index contributed by atoms with van der Waals surface area (Å²) in [5.41, 5.74) is 2.43. The maximum Gasteiger partial charge on any atom is 0.282 e. The second-order valence-corrected chi connectivity index (χ2v) is 10.3. The number of fused-ring (bicyclic) bond motifs is 2. The Kier molecular flexibility index (Phi) is 7.11. The van der Waals surface area contributed by atoms with E-state index in [0.717, 1.165) is 15.4 Å². The molecule has 0 radical (unpaired) electrons. The van der Waals surface area contributed by atoms with E-state index in [1.807, 2.05) is 48.5 Å². The third-order valence-corrected chi connectivity index (χ3v) is 7.05. The molecule has 0 aliphatic heterocycles. The largest absolute Gasteiger partial charge is 0.493 e. The molecule has 0 N–H and O–H groups in total. The van der Waals surface area contributed by atoms with Crippen LogP contribution >= 0.6 is 27.5 Å². The number of nitrogens with zero attached hydrogens (tertiary/aromatic N) is 3. The van der Waals surface area contributed by atoms with Gasteiger partial charge in [-0.1, -0.05) is 57.9 Å². The lowest BCUT2D eigenvalue weighted by Gasteiger charge is -2.13. The van der Waals surface area contributed by atoms with Crippen molar-refractivity contribution in [1.82, 2.24) is 9.66 Å². The molecule has 0 aliphatic rings. The predicted octanol–water partition coefficient (Wildman–Crippen LogP) is 7.70. The molecular formula is C31H21BrClN3O4. The number of furan rings is 1. The van der Waals surface area contributed by atoms with Crippen molar-refractivity contribution in [2.45, 2.75) is 6.61 Å². The Balaban J connectivity index is 1.45. The molecule has 9 heteroatoms. The zero-order chi connectivity index (χ0) is 27.6. The fraction of sp³-hybridized carbons (Fsp3) is 0.0645. The van der Waals surface area contributed by atoms with E-state index in [1.165, 1.54) is 4.68 Å². The second kappa shape index (κ2) is 11.0. The molecule has 0 aliphatic carbocycles. The zero-order valence-corrected chi connectivity index (χ0v) is 23.5. The van der Waals surface area contributed by atoms with Crippen LogP contribution in [0.15, 0.2) is 110 Å².